The Kier molecular flexibility index (Phi) is 5.76. The van der Waals surface area contributed by atoms with Crippen molar-refractivity contribution in [2.45, 2.75) is 4.90 Å². The standard InChI is InChI=1S/C16H15FN2O3S2/c1-19(15-5-3-2-4-14(15)17)16(10-23-11-20)12-6-8-13(9-7-12)24(18,21)22/h2-11H,1H3,(H2,18,21,22)/b16-10-. The highest BCUT2D eigenvalue weighted by Gasteiger charge is 2.14. The van der Waals surface area contributed by atoms with Gasteiger partial charge in [0.1, 0.15) is 5.82 Å². The number of sulfonamides is 1. The molecule has 0 aromatic heterocycles. The molecule has 8 heteroatoms. The Morgan fingerprint density at radius 3 is 2.33 bits per heavy atom. The number of nitrogens with two attached hydrogens (primary N) is 1. The van der Waals surface area contributed by atoms with Gasteiger partial charge >= 0.3 is 0 Å². The van der Waals surface area contributed by atoms with Crippen molar-refractivity contribution in [3.63, 3.8) is 0 Å². The van der Waals surface area contributed by atoms with E-state index in [1.807, 2.05) is 0 Å². The number of benzene rings is 2. The summed E-state index contributed by atoms with van der Waals surface area (Å²) in [5.41, 5.74) is 2.12. The fourth-order valence-corrected chi connectivity index (χ4v) is 3.10. The van der Waals surface area contributed by atoms with Gasteiger partial charge in [-0.1, -0.05) is 36.0 Å². The maximum atomic E-state index is 14.0. The first-order valence-electron chi connectivity index (χ1n) is 6.75. The molecule has 0 bridgehead atoms. The number of thioether (sulfide) groups is 1. The molecule has 24 heavy (non-hydrogen) atoms. The summed E-state index contributed by atoms with van der Waals surface area (Å²) in [6.45, 7) is 0. The summed E-state index contributed by atoms with van der Waals surface area (Å²) in [4.78, 5) is 12.2. The van der Waals surface area contributed by atoms with E-state index in [1.165, 1.54) is 18.2 Å². The molecule has 0 aliphatic carbocycles. The van der Waals surface area contributed by atoms with Crippen LogP contribution in [0.2, 0.25) is 0 Å². The average molecular weight is 366 g/mol. The van der Waals surface area contributed by atoms with Crippen molar-refractivity contribution in [1.29, 1.82) is 0 Å². The number of para-hydroxylation sites is 1. The van der Waals surface area contributed by atoms with Crippen molar-refractivity contribution >= 4 is 38.8 Å². The predicted molar refractivity (Wildman–Crippen MR) is 94.9 cm³/mol. The molecule has 0 saturated carbocycles. The Morgan fingerprint density at radius 2 is 1.79 bits per heavy atom. The Bertz CT molecular complexity index is 865. The van der Waals surface area contributed by atoms with Crippen LogP contribution in [0.3, 0.4) is 0 Å². The molecule has 5 nitrogen and oxygen atoms in total. The molecular formula is C16H15FN2O3S2. The lowest BCUT2D eigenvalue weighted by Crippen LogP contribution is -2.17. The molecular weight excluding hydrogens is 351 g/mol. The molecule has 0 aliphatic heterocycles. The van der Waals surface area contributed by atoms with Crippen LogP contribution in [0.25, 0.3) is 5.70 Å². The summed E-state index contributed by atoms with van der Waals surface area (Å²) in [5.74, 6) is -0.414. The fourth-order valence-electron chi connectivity index (χ4n) is 2.10. The second-order valence-electron chi connectivity index (χ2n) is 4.82. The van der Waals surface area contributed by atoms with Crippen LogP contribution in [-0.2, 0) is 14.8 Å². The van der Waals surface area contributed by atoms with Crippen molar-refractivity contribution in [2.75, 3.05) is 11.9 Å². The Morgan fingerprint density at radius 1 is 1.17 bits per heavy atom. The zero-order chi connectivity index (χ0) is 17.7. The van der Waals surface area contributed by atoms with Gasteiger partial charge in [0, 0.05) is 12.5 Å². The van der Waals surface area contributed by atoms with Crippen molar-refractivity contribution in [3.8, 4) is 0 Å². The van der Waals surface area contributed by atoms with Crippen LogP contribution in [0.4, 0.5) is 10.1 Å². The van der Waals surface area contributed by atoms with E-state index in [4.69, 9.17) is 5.14 Å². The van der Waals surface area contributed by atoms with Crippen LogP contribution in [0.5, 0.6) is 0 Å². The van der Waals surface area contributed by atoms with Gasteiger partial charge in [0.05, 0.1) is 16.3 Å². The zero-order valence-electron chi connectivity index (χ0n) is 12.7. The van der Waals surface area contributed by atoms with Crippen molar-refractivity contribution in [3.05, 3.63) is 65.3 Å². The minimum Gasteiger partial charge on any atom is -0.341 e. The molecule has 0 aliphatic rings. The fraction of sp³-hybridized carbons (Fsp3) is 0.0625. The second-order valence-corrected chi connectivity index (χ2v) is 7.08. The number of nitrogens with zero attached hydrogens (tertiary/aromatic N) is 1. The molecule has 0 atom stereocenters. The number of hydrogen-bond donors (Lipinski definition) is 1. The number of hydrogen-bond acceptors (Lipinski definition) is 5. The van der Waals surface area contributed by atoms with E-state index in [2.05, 4.69) is 0 Å². The third kappa shape index (κ3) is 4.22. The highest BCUT2D eigenvalue weighted by molar-refractivity contribution is 8.14. The van der Waals surface area contributed by atoms with E-state index in [0.29, 0.717) is 22.6 Å². The molecule has 0 saturated heterocycles. The lowest BCUT2D eigenvalue weighted by atomic mass is 10.1. The van der Waals surface area contributed by atoms with Crippen LogP contribution in [0.1, 0.15) is 5.56 Å². The highest BCUT2D eigenvalue weighted by Crippen LogP contribution is 2.29. The SMILES string of the molecule is CN(/C(=C\SC=O)c1ccc(S(N)(=O)=O)cc1)c1ccccc1F. The topological polar surface area (TPSA) is 80.5 Å². The molecule has 0 unspecified atom stereocenters. The number of carbonyl (C=O) groups is 1. The minimum absolute atomic E-state index is 0.0258. The maximum absolute atomic E-state index is 14.0. The maximum Gasteiger partial charge on any atom is 0.238 e. The lowest BCUT2D eigenvalue weighted by molar-refractivity contribution is 0.570. The van der Waals surface area contributed by atoms with E-state index in [1.54, 1.807) is 47.7 Å². The van der Waals surface area contributed by atoms with Crippen LogP contribution in [0.15, 0.2) is 58.8 Å². The number of primary sulfonamides is 1. The Balaban J connectivity index is 2.46. The summed E-state index contributed by atoms with van der Waals surface area (Å²) < 4.78 is 36.7. The van der Waals surface area contributed by atoms with Gasteiger partial charge in [0.2, 0.25) is 10.0 Å². The molecule has 0 heterocycles. The number of anilines is 1. The molecule has 2 aromatic rings. The summed E-state index contributed by atoms with van der Waals surface area (Å²) >= 11 is 0.900. The van der Waals surface area contributed by atoms with Gasteiger partial charge in [0.15, 0.2) is 5.62 Å². The molecule has 2 rings (SSSR count). The van der Waals surface area contributed by atoms with Gasteiger partial charge in [-0.05, 0) is 29.8 Å². The smallest absolute Gasteiger partial charge is 0.238 e. The van der Waals surface area contributed by atoms with E-state index in [-0.39, 0.29) is 4.90 Å². The first-order valence-corrected chi connectivity index (χ1v) is 9.24. The van der Waals surface area contributed by atoms with Crippen LogP contribution in [-0.4, -0.2) is 21.1 Å². The van der Waals surface area contributed by atoms with Gasteiger partial charge in [-0.25, -0.2) is 17.9 Å². The first kappa shape index (κ1) is 18.2. The minimum atomic E-state index is -3.80. The largest absolute Gasteiger partial charge is 0.341 e. The molecule has 126 valence electrons. The zero-order valence-corrected chi connectivity index (χ0v) is 14.4. The van der Waals surface area contributed by atoms with Gasteiger partial charge in [0.25, 0.3) is 0 Å². The van der Waals surface area contributed by atoms with Crippen molar-refractivity contribution < 1.29 is 17.6 Å². The molecule has 2 aromatic carbocycles. The van der Waals surface area contributed by atoms with Crippen LogP contribution >= 0.6 is 11.8 Å². The normalized spacial score (nSPS) is 12.0. The third-order valence-electron chi connectivity index (χ3n) is 3.29. The van der Waals surface area contributed by atoms with Gasteiger partial charge in [-0.2, -0.15) is 0 Å². The summed E-state index contributed by atoms with van der Waals surface area (Å²) in [7, 11) is -2.14. The summed E-state index contributed by atoms with van der Waals surface area (Å²) in [6, 6.07) is 12.0. The van der Waals surface area contributed by atoms with Crippen molar-refractivity contribution in [2.24, 2.45) is 5.14 Å². The Labute approximate surface area is 144 Å². The van der Waals surface area contributed by atoms with Crippen molar-refractivity contribution in [1.82, 2.24) is 0 Å². The van der Waals surface area contributed by atoms with Gasteiger partial charge < -0.3 is 4.90 Å². The van der Waals surface area contributed by atoms with E-state index in [9.17, 15) is 17.6 Å². The van der Waals surface area contributed by atoms with E-state index < -0.39 is 15.8 Å². The predicted octanol–water partition coefficient (Wildman–Crippen LogP) is 2.83. The highest BCUT2D eigenvalue weighted by atomic mass is 32.2. The van der Waals surface area contributed by atoms with E-state index >= 15 is 0 Å². The Hall–Kier alpha value is -2.16. The lowest BCUT2D eigenvalue weighted by Gasteiger charge is -2.23. The van der Waals surface area contributed by atoms with E-state index in [0.717, 1.165) is 11.8 Å². The van der Waals surface area contributed by atoms with Crippen LogP contribution < -0.4 is 10.0 Å². The number of rotatable bonds is 6. The molecule has 0 amide bonds. The molecule has 0 spiro atoms. The van der Waals surface area contributed by atoms with Crippen LogP contribution in [0, 0.1) is 5.82 Å². The quantitative estimate of drug-likeness (QED) is 0.795. The van der Waals surface area contributed by atoms with Gasteiger partial charge in [-0.3, -0.25) is 4.79 Å². The van der Waals surface area contributed by atoms with Gasteiger partial charge in [-0.15, -0.1) is 0 Å². The summed E-state index contributed by atoms with van der Waals surface area (Å²) in [5, 5.41) is 6.64. The average Bonchev–Trinajstić information content (AvgIpc) is 2.55. The third-order valence-corrected chi connectivity index (χ3v) is 4.69. The molecule has 2 N–H and O–H groups in total. The molecule has 0 fully saturated rings. The number of carbonyl (C=O) groups excluding carboxylic acids is 1. The number of halogens is 1. The summed E-state index contributed by atoms with van der Waals surface area (Å²) in [6.07, 6.45) is 0. The second kappa shape index (κ2) is 7.61. The monoisotopic (exact) mass is 366 g/mol. The first-order chi connectivity index (χ1) is 11.3. The molecule has 0 radical (unpaired) electrons.